The topological polar surface area (TPSA) is 76.8 Å². The van der Waals surface area contributed by atoms with Gasteiger partial charge in [-0.15, -0.1) is 10.2 Å². The van der Waals surface area contributed by atoms with Crippen LogP contribution in [0.3, 0.4) is 0 Å². The third-order valence-electron chi connectivity index (χ3n) is 4.28. The zero-order valence-electron chi connectivity index (χ0n) is 15.0. The van der Waals surface area contributed by atoms with Gasteiger partial charge in [-0.05, 0) is 36.3 Å². The van der Waals surface area contributed by atoms with Crippen LogP contribution in [0.1, 0.15) is 31.9 Å². The Balaban J connectivity index is 1.74. The van der Waals surface area contributed by atoms with Gasteiger partial charge in [-0.25, -0.2) is 0 Å². The number of benzene rings is 1. The maximum Gasteiger partial charge on any atom is 0.246 e. The van der Waals surface area contributed by atoms with Crippen molar-refractivity contribution in [2.24, 2.45) is 0 Å². The predicted molar refractivity (Wildman–Crippen MR) is 97.9 cm³/mol. The molecule has 1 aromatic carbocycles. The van der Waals surface area contributed by atoms with Crippen LogP contribution in [0.15, 0.2) is 54.9 Å². The molecule has 0 spiro atoms. The van der Waals surface area contributed by atoms with Crippen LogP contribution in [0.5, 0.6) is 0 Å². The van der Waals surface area contributed by atoms with Gasteiger partial charge < -0.3 is 4.90 Å². The van der Waals surface area contributed by atoms with E-state index in [4.69, 9.17) is 0 Å². The monoisotopic (exact) mass is 350 g/mol. The standard InChI is InChI=1S/C19H22N6O/c1-3-17(15-10-12-20-13-11-15)24(4-2)18(26)14-25-22-19(21-23-25)16-8-6-5-7-9-16/h5-13,17H,3-4,14H2,1-2H3. The van der Waals surface area contributed by atoms with Crippen molar-refractivity contribution >= 4 is 5.91 Å². The molecule has 1 atom stereocenters. The van der Waals surface area contributed by atoms with Crippen molar-refractivity contribution in [1.29, 1.82) is 0 Å². The van der Waals surface area contributed by atoms with Crippen LogP contribution in [0, 0.1) is 0 Å². The van der Waals surface area contributed by atoms with E-state index in [0.717, 1.165) is 17.5 Å². The molecule has 3 rings (SSSR count). The average molecular weight is 350 g/mol. The lowest BCUT2D eigenvalue weighted by atomic mass is 10.0. The average Bonchev–Trinajstić information content (AvgIpc) is 3.15. The highest BCUT2D eigenvalue weighted by Crippen LogP contribution is 2.23. The molecule has 2 aromatic heterocycles. The van der Waals surface area contributed by atoms with E-state index < -0.39 is 0 Å². The second-order valence-electron chi connectivity index (χ2n) is 5.89. The molecule has 7 nitrogen and oxygen atoms in total. The van der Waals surface area contributed by atoms with Gasteiger partial charge in [0.1, 0.15) is 6.54 Å². The molecule has 0 saturated carbocycles. The van der Waals surface area contributed by atoms with Crippen LogP contribution < -0.4 is 0 Å². The number of rotatable bonds is 7. The van der Waals surface area contributed by atoms with Crippen LogP contribution in [0.25, 0.3) is 11.4 Å². The summed E-state index contributed by atoms with van der Waals surface area (Å²) in [6, 6.07) is 13.5. The van der Waals surface area contributed by atoms with Crippen molar-refractivity contribution < 1.29 is 4.79 Å². The molecule has 1 unspecified atom stereocenters. The molecule has 26 heavy (non-hydrogen) atoms. The predicted octanol–water partition coefficient (Wildman–Crippen LogP) is 2.73. The summed E-state index contributed by atoms with van der Waals surface area (Å²) in [7, 11) is 0. The summed E-state index contributed by atoms with van der Waals surface area (Å²) in [5, 5.41) is 12.4. The first kappa shape index (κ1) is 17.7. The molecule has 134 valence electrons. The lowest BCUT2D eigenvalue weighted by Crippen LogP contribution is -2.37. The smallest absolute Gasteiger partial charge is 0.246 e. The molecule has 0 radical (unpaired) electrons. The summed E-state index contributed by atoms with van der Waals surface area (Å²) in [5.41, 5.74) is 1.95. The second-order valence-corrected chi connectivity index (χ2v) is 5.89. The number of carbonyl (C=O) groups excluding carboxylic acids is 1. The Hall–Kier alpha value is -3.09. The number of aromatic nitrogens is 5. The van der Waals surface area contributed by atoms with Gasteiger partial charge in [0.15, 0.2) is 0 Å². The van der Waals surface area contributed by atoms with Crippen molar-refractivity contribution in [3.05, 3.63) is 60.4 Å². The summed E-state index contributed by atoms with van der Waals surface area (Å²) >= 11 is 0. The van der Waals surface area contributed by atoms with Crippen LogP contribution in [-0.2, 0) is 11.3 Å². The highest BCUT2D eigenvalue weighted by atomic mass is 16.2. The van der Waals surface area contributed by atoms with Gasteiger partial charge in [-0.1, -0.05) is 37.3 Å². The molecular weight excluding hydrogens is 328 g/mol. The number of tetrazole rings is 1. The number of carbonyl (C=O) groups is 1. The van der Waals surface area contributed by atoms with Crippen LogP contribution in [0.4, 0.5) is 0 Å². The molecule has 0 bridgehead atoms. The number of likely N-dealkylation sites (N-methyl/N-ethyl adjacent to an activating group) is 1. The first-order chi connectivity index (χ1) is 12.7. The Labute approximate surface area is 152 Å². The number of hydrogen-bond donors (Lipinski definition) is 0. The molecule has 2 heterocycles. The third kappa shape index (κ3) is 3.93. The maximum atomic E-state index is 12.8. The molecule has 0 N–H and O–H groups in total. The molecule has 0 fully saturated rings. The van der Waals surface area contributed by atoms with Gasteiger partial charge >= 0.3 is 0 Å². The molecule has 3 aromatic rings. The van der Waals surface area contributed by atoms with Crippen molar-refractivity contribution in [3.63, 3.8) is 0 Å². The highest BCUT2D eigenvalue weighted by Gasteiger charge is 2.23. The van der Waals surface area contributed by atoms with E-state index in [9.17, 15) is 4.79 Å². The van der Waals surface area contributed by atoms with E-state index in [-0.39, 0.29) is 18.5 Å². The van der Waals surface area contributed by atoms with Crippen molar-refractivity contribution in [2.75, 3.05) is 6.54 Å². The highest BCUT2D eigenvalue weighted by molar-refractivity contribution is 5.76. The van der Waals surface area contributed by atoms with Gasteiger partial charge in [0, 0.05) is 24.5 Å². The first-order valence-electron chi connectivity index (χ1n) is 8.75. The molecule has 0 aliphatic carbocycles. The summed E-state index contributed by atoms with van der Waals surface area (Å²) < 4.78 is 0. The number of hydrogen-bond acceptors (Lipinski definition) is 5. The molecule has 0 aliphatic heterocycles. The lowest BCUT2D eigenvalue weighted by Gasteiger charge is -2.30. The number of amides is 1. The third-order valence-corrected chi connectivity index (χ3v) is 4.28. The SMILES string of the molecule is CCC(c1ccncc1)N(CC)C(=O)Cn1nnc(-c2ccccc2)n1. The van der Waals surface area contributed by atoms with E-state index in [1.807, 2.05) is 54.3 Å². The summed E-state index contributed by atoms with van der Waals surface area (Å²) in [6.45, 7) is 4.73. The van der Waals surface area contributed by atoms with E-state index in [2.05, 4.69) is 27.3 Å². The Morgan fingerprint density at radius 1 is 1.12 bits per heavy atom. The minimum Gasteiger partial charge on any atom is -0.334 e. The lowest BCUT2D eigenvalue weighted by molar-refractivity contribution is -0.134. The summed E-state index contributed by atoms with van der Waals surface area (Å²) in [5.74, 6) is 0.482. The van der Waals surface area contributed by atoms with Crippen molar-refractivity contribution in [2.45, 2.75) is 32.9 Å². The Bertz CT molecular complexity index is 834. The van der Waals surface area contributed by atoms with Crippen LogP contribution >= 0.6 is 0 Å². The minimum absolute atomic E-state index is 0.00705. The Kier molecular flexibility index (Phi) is 5.68. The Morgan fingerprint density at radius 3 is 2.50 bits per heavy atom. The molecular formula is C19H22N6O. The summed E-state index contributed by atoms with van der Waals surface area (Å²) in [4.78, 5) is 20.1. The zero-order valence-corrected chi connectivity index (χ0v) is 15.0. The fourth-order valence-electron chi connectivity index (χ4n) is 3.02. The molecule has 0 saturated heterocycles. The fourth-order valence-corrected chi connectivity index (χ4v) is 3.02. The van der Waals surface area contributed by atoms with Crippen molar-refractivity contribution in [3.8, 4) is 11.4 Å². The van der Waals surface area contributed by atoms with Crippen LogP contribution in [0.2, 0.25) is 0 Å². The maximum absolute atomic E-state index is 12.8. The fraction of sp³-hybridized carbons (Fsp3) is 0.316. The largest absolute Gasteiger partial charge is 0.334 e. The van der Waals surface area contributed by atoms with E-state index in [1.54, 1.807) is 12.4 Å². The number of nitrogens with zero attached hydrogens (tertiary/aromatic N) is 6. The van der Waals surface area contributed by atoms with Gasteiger partial charge in [-0.2, -0.15) is 4.80 Å². The molecule has 1 amide bonds. The number of pyridine rings is 1. The normalized spacial score (nSPS) is 11.9. The Morgan fingerprint density at radius 2 is 1.85 bits per heavy atom. The van der Waals surface area contributed by atoms with E-state index in [1.165, 1.54) is 4.80 Å². The first-order valence-corrected chi connectivity index (χ1v) is 8.75. The van der Waals surface area contributed by atoms with Gasteiger partial charge in [-0.3, -0.25) is 9.78 Å². The van der Waals surface area contributed by atoms with Gasteiger partial charge in [0.25, 0.3) is 0 Å². The van der Waals surface area contributed by atoms with Crippen LogP contribution in [-0.4, -0.2) is 42.5 Å². The van der Waals surface area contributed by atoms with Crippen molar-refractivity contribution in [1.82, 2.24) is 30.1 Å². The van der Waals surface area contributed by atoms with E-state index >= 15 is 0 Å². The summed E-state index contributed by atoms with van der Waals surface area (Å²) in [6.07, 6.45) is 4.33. The molecule has 0 aliphatic rings. The second kappa shape index (κ2) is 8.33. The quantitative estimate of drug-likeness (QED) is 0.655. The van der Waals surface area contributed by atoms with E-state index in [0.29, 0.717) is 12.4 Å². The molecule has 7 heteroatoms. The minimum atomic E-state index is -0.0341. The van der Waals surface area contributed by atoms with Gasteiger partial charge in [0.2, 0.25) is 11.7 Å². The van der Waals surface area contributed by atoms with Gasteiger partial charge in [0.05, 0.1) is 6.04 Å². The zero-order chi connectivity index (χ0) is 18.4.